The van der Waals surface area contributed by atoms with Gasteiger partial charge in [-0.15, -0.1) is 0 Å². The summed E-state index contributed by atoms with van der Waals surface area (Å²) in [4.78, 5) is 26.0. The molecule has 0 fully saturated rings. The Labute approximate surface area is 195 Å². The molecule has 0 spiro atoms. The molecule has 1 unspecified atom stereocenters. The zero-order valence-electron chi connectivity index (χ0n) is 17.3. The van der Waals surface area contributed by atoms with Gasteiger partial charge in [-0.05, 0) is 44.0 Å². The molecule has 0 saturated carbocycles. The quantitative estimate of drug-likeness (QED) is 0.513. The smallest absolute Gasteiger partial charge is 0.261 e. The number of carbonyl (C=O) groups is 2. The minimum Gasteiger partial charge on any atom is -0.343 e. The lowest BCUT2D eigenvalue weighted by Gasteiger charge is -2.34. The van der Waals surface area contributed by atoms with E-state index < -0.39 is 6.04 Å². The molecule has 0 radical (unpaired) electrons. The fourth-order valence-corrected chi connectivity index (χ4v) is 4.90. The number of anilines is 2. The molecule has 2 aliphatic rings. The summed E-state index contributed by atoms with van der Waals surface area (Å²) in [6.07, 6.45) is 3.40. The fraction of sp³-hybridized carbons (Fsp3) is 0.208. The van der Waals surface area contributed by atoms with E-state index in [-0.39, 0.29) is 11.7 Å². The van der Waals surface area contributed by atoms with Gasteiger partial charge in [-0.2, -0.15) is 5.10 Å². The second kappa shape index (κ2) is 8.11. The normalized spacial score (nSPS) is 17.5. The van der Waals surface area contributed by atoms with Gasteiger partial charge >= 0.3 is 0 Å². The molecule has 162 valence electrons. The molecule has 2 aromatic carbocycles. The van der Waals surface area contributed by atoms with Crippen LogP contribution in [-0.2, 0) is 4.79 Å². The molecule has 0 saturated heterocycles. The van der Waals surface area contributed by atoms with Crippen molar-refractivity contribution < 1.29 is 9.59 Å². The van der Waals surface area contributed by atoms with Crippen molar-refractivity contribution in [3.63, 3.8) is 0 Å². The first-order valence-electron chi connectivity index (χ1n) is 10.4. The van der Waals surface area contributed by atoms with E-state index in [1.165, 1.54) is 6.20 Å². The first-order valence-corrected chi connectivity index (χ1v) is 11.1. The summed E-state index contributed by atoms with van der Waals surface area (Å²) in [5, 5.41) is 11.6. The molecule has 1 aliphatic heterocycles. The van der Waals surface area contributed by atoms with E-state index in [0.29, 0.717) is 51.1 Å². The van der Waals surface area contributed by atoms with Gasteiger partial charge in [-0.1, -0.05) is 47.0 Å². The van der Waals surface area contributed by atoms with Crippen LogP contribution in [0.1, 0.15) is 46.8 Å². The van der Waals surface area contributed by atoms with Crippen LogP contribution in [-0.4, -0.2) is 21.5 Å². The number of ketones is 1. The third-order valence-electron chi connectivity index (χ3n) is 5.87. The zero-order valence-corrected chi connectivity index (χ0v) is 18.8. The highest BCUT2D eigenvalue weighted by Crippen LogP contribution is 2.45. The summed E-state index contributed by atoms with van der Waals surface area (Å²) in [6.45, 7) is 1.99. The number of aromatic nitrogens is 2. The largest absolute Gasteiger partial charge is 0.343 e. The number of rotatable bonds is 3. The van der Waals surface area contributed by atoms with Crippen LogP contribution in [0, 0.1) is 6.92 Å². The average Bonchev–Trinajstić information content (AvgIpc) is 3.19. The number of aryl methyl sites for hydroxylation is 1. The van der Waals surface area contributed by atoms with Crippen LogP contribution in [0.15, 0.2) is 59.9 Å². The summed E-state index contributed by atoms with van der Waals surface area (Å²) < 4.78 is 1.64. The number of benzene rings is 2. The van der Waals surface area contributed by atoms with Crippen molar-refractivity contribution in [2.45, 2.75) is 32.2 Å². The third-order valence-corrected chi connectivity index (χ3v) is 6.53. The number of carbonyl (C=O) groups excluding carboxylic acids is 2. The van der Waals surface area contributed by atoms with Gasteiger partial charge in [-0.3, -0.25) is 9.59 Å². The molecule has 2 N–H and O–H groups in total. The summed E-state index contributed by atoms with van der Waals surface area (Å²) in [6, 6.07) is 12.2. The van der Waals surface area contributed by atoms with Gasteiger partial charge in [0.1, 0.15) is 17.4 Å². The van der Waals surface area contributed by atoms with Crippen LogP contribution in [0.2, 0.25) is 10.0 Å². The molecule has 32 heavy (non-hydrogen) atoms. The molecule has 5 rings (SSSR count). The molecule has 3 aromatic rings. The van der Waals surface area contributed by atoms with Crippen molar-refractivity contribution in [3.8, 4) is 0 Å². The van der Waals surface area contributed by atoms with Gasteiger partial charge < -0.3 is 10.6 Å². The second-order valence-corrected chi connectivity index (χ2v) is 8.82. The van der Waals surface area contributed by atoms with Crippen molar-refractivity contribution in [1.82, 2.24) is 9.78 Å². The SMILES string of the molecule is Cc1ccc(NC(=O)c2cnn3c2NC2=C(C(=O)CCC2)C3c2c(Cl)cccc2Cl)cc1. The number of halogens is 2. The van der Waals surface area contributed by atoms with Gasteiger partial charge in [0, 0.05) is 39.0 Å². The Kier molecular flexibility index (Phi) is 5.27. The van der Waals surface area contributed by atoms with Crippen molar-refractivity contribution >= 4 is 46.4 Å². The molecule has 6 nitrogen and oxygen atoms in total. The van der Waals surface area contributed by atoms with E-state index in [1.807, 2.05) is 31.2 Å². The Bertz CT molecular complexity index is 1260. The number of allylic oxidation sites excluding steroid dienone is 2. The minimum absolute atomic E-state index is 0.0338. The Balaban J connectivity index is 1.61. The Morgan fingerprint density at radius 3 is 2.56 bits per heavy atom. The lowest BCUT2D eigenvalue weighted by Crippen LogP contribution is -2.32. The standard InChI is InChI=1S/C24H20Cl2N4O2/c1-13-8-10-14(11-9-13)28-24(32)15-12-27-30-22(20-16(25)4-2-5-17(20)26)21-18(29-23(15)30)6-3-7-19(21)31/h2,4-5,8-12,22,29H,3,6-7H2,1H3,(H,28,32). The Hall–Kier alpha value is -3.09. The third kappa shape index (κ3) is 3.49. The van der Waals surface area contributed by atoms with Crippen LogP contribution in [0.4, 0.5) is 11.5 Å². The molecule has 8 heteroatoms. The molecule has 1 aliphatic carbocycles. The number of hydrogen-bond donors (Lipinski definition) is 2. The molecule has 1 atom stereocenters. The van der Waals surface area contributed by atoms with Gasteiger partial charge in [0.05, 0.1) is 6.20 Å². The number of fused-ring (bicyclic) bond motifs is 1. The first kappa shape index (κ1) is 20.8. The van der Waals surface area contributed by atoms with Crippen molar-refractivity contribution in [3.05, 3.63) is 86.7 Å². The average molecular weight is 467 g/mol. The summed E-state index contributed by atoms with van der Waals surface area (Å²) in [5.41, 5.74) is 4.17. The fourth-order valence-electron chi connectivity index (χ4n) is 4.30. The summed E-state index contributed by atoms with van der Waals surface area (Å²) >= 11 is 13.1. The topological polar surface area (TPSA) is 76.0 Å². The Morgan fingerprint density at radius 2 is 1.84 bits per heavy atom. The van der Waals surface area contributed by atoms with Crippen LogP contribution in [0.3, 0.4) is 0 Å². The monoisotopic (exact) mass is 466 g/mol. The van der Waals surface area contributed by atoms with Gasteiger partial charge in [0.15, 0.2) is 5.78 Å². The Morgan fingerprint density at radius 1 is 1.12 bits per heavy atom. The van der Waals surface area contributed by atoms with Gasteiger partial charge in [-0.25, -0.2) is 4.68 Å². The van der Waals surface area contributed by atoms with Crippen molar-refractivity contribution in [2.24, 2.45) is 0 Å². The van der Waals surface area contributed by atoms with Crippen molar-refractivity contribution in [2.75, 3.05) is 10.6 Å². The van der Waals surface area contributed by atoms with E-state index in [2.05, 4.69) is 15.7 Å². The number of Topliss-reactive ketones (excluding diaryl/α,β-unsaturated/α-hetero) is 1. The van der Waals surface area contributed by atoms with Crippen molar-refractivity contribution in [1.29, 1.82) is 0 Å². The molecule has 0 bridgehead atoms. The maximum Gasteiger partial charge on any atom is 0.261 e. The minimum atomic E-state index is -0.601. The van der Waals surface area contributed by atoms with E-state index in [0.717, 1.165) is 17.7 Å². The van der Waals surface area contributed by atoms with Crippen LogP contribution < -0.4 is 10.6 Å². The lowest BCUT2D eigenvalue weighted by atomic mass is 9.85. The molecule has 1 amide bonds. The van der Waals surface area contributed by atoms with Gasteiger partial charge in [0.2, 0.25) is 0 Å². The second-order valence-electron chi connectivity index (χ2n) is 8.00. The summed E-state index contributed by atoms with van der Waals surface area (Å²) in [5.74, 6) is 0.258. The highest BCUT2D eigenvalue weighted by Gasteiger charge is 2.39. The number of nitrogens with zero attached hydrogens (tertiary/aromatic N) is 2. The predicted molar refractivity (Wildman–Crippen MR) is 125 cm³/mol. The van der Waals surface area contributed by atoms with E-state index in [9.17, 15) is 9.59 Å². The zero-order chi connectivity index (χ0) is 22.4. The number of amides is 1. The summed E-state index contributed by atoms with van der Waals surface area (Å²) in [7, 11) is 0. The van der Waals surface area contributed by atoms with Gasteiger partial charge in [0.25, 0.3) is 5.91 Å². The highest BCUT2D eigenvalue weighted by atomic mass is 35.5. The van der Waals surface area contributed by atoms with E-state index >= 15 is 0 Å². The van der Waals surface area contributed by atoms with E-state index in [1.54, 1.807) is 22.9 Å². The highest BCUT2D eigenvalue weighted by molar-refractivity contribution is 6.36. The molecular weight excluding hydrogens is 447 g/mol. The molecule has 2 heterocycles. The lowest BCUT2D eigenvalue weighted by molar-refractivity contribution is -0.116. The predicted octanol–water partition coefficient (Wildman–Crippen LogP) is 5.77. The van der Waals surface area contributed by atoms with Crippen LogP contribution in [0.25, 0.3) is 0 Å². The molecular formula is C24H20Cl2N4O2. The van der Waals surface area contributed by atoms with Crippen LogP contribution >= 0.6 is 23.2 Å². The molecule has 1 aromatic heterocycles. The van der Waals surface area contributed by atoms with E-state index in [4.69, 9.17) is 23.2 Å². The number of nitrogens with one attached hydrogen (secondary N) is 2. The maximum atomic E-state index is 13.1. The number of hydrogen-bond acceptors (Lipinski definition) is 4. The maximum absolute atomic E-state index is 13.1. The van der Waals surface area contributed by atoms with Crippen LogP contribution in [0.5, 0.6) is 0 Å². The first-order chi connectivity index (χ1) is 15.4.